The van der Waals surface area contributed by atoms with Crippen molar-refractivity contribution in [2.45, 2.75) is 32.4 Å². The summed E-state index contributed by atoms with van der Waals surface area (Å²) in [4.78, 5) is 14.8. The number of rotatable bonds is 4. The van der Waals surface area contributed by atoms with Gasteiger partial charge in [-0.25, -0.2) is 0 Å². The van der Waals surface area contributed by atoms with E-state index in [-0.39, 0.29) is 5.91 Å². The van der Waals surface area contributed by atoms with Gasteiger partial charge in [0.15, 0.2) is 0 Å². The van der Waals surface area contributed by atoms with Crippen LogP contribution in [0.4, 0.5) is 0 Å². The number of thiophene rings is 1. The quantitative estimate of drug-likeness (QED) is 0.908. The van der Waals surface area contributed by atoms with Gasteiger partial charge in [0.05, 0.1) is 6.54 Å². The molecule has 0 saturated carbocycles. The number of nitrogens with one attached hydrogen (secondary N) is 1. The fourth-order valence-electron chi connectivity index (χ4n) is 2.54. The number of aryl methyl sites for hydroxylation is 2. The van der Waals surface area contributed by atoms with Gasteiger partial charge >= 0.3 is 0 Å². The Kier molecular flexibility index (Phi) is 3.85. The monoisotopic (exact) mass is 286 g/mol. The van der Waals surface area contributed by atoms with Crippen molar-refractivity contribution in [3.8, 4) is 0 Å². The van der Waals surface area contributed by atoms with Gasteiger partial charge in [-0.1, -0.05) is 12.1 Å². The van der Waals surface area contributed by atoms with Crippen LogP contribution < -0.4 is 11.1 Å². The van der Waals surface area contributed by atoms with Crippen molar-refractivity contribution >= 4 is 17.2 Å². The number of amides is 1. The highest BCUT2D eigenvalue weighted by Crippen LogP contribution is 2.30. The van der Waals surface area contributed by atoms with E-state index < -0.39 is 0 Å². The first-order valence-corrected chi connectivity index (χ1v) is 7.75. The average molecular weight is 286 g/mol. The third-order valence-corrected chi connectivity index (χ3v) is 4.91. The van der Waals surface area contributed by atoms with E-state index in [1.165, 1.54) is 34.6 Å². The Bertz CT molecular complexity index is 594. The van der Waals surface area contributed by atoms with Crippen LogP contribution >= 0.6 is 11.3 Å². The van der Waals surface area contributed by atoms with E-state index in [0.717, 1.165) is 5.56 Å². The molecule has 1 heterocycles. The summed E-state index contributed by atoms with van der Waals surface area (Å²) >= 11 is 1.83. The number of benzene rings is 1. The normalized spacial score (nSPS) is 13.2. The Balaban J connectivity index is 1.60. The topological polar surface area (TPSA) is 55.1 Å². The van der Waals surface area contributed by atoms with Gasteiger partial charge in [-0.3, -0.25) is 4.79 Å². The minimum absolute atomic E-state index is 0.0258. The third kappa shape index (κ3) is 2.76. The maximum Gasteiger partial charge on any atom is 0.251 e. The lowest BCUT2D eigenvalue weighted by Crippen LogP contribution is -2.22. The molecule has 0 fully saturated rings. The van der Waals surface area contributed by atoms with Crippen molar-refractivity contribution in [1.82, 2.24) is 5.32 Å². The first-order chi connectivity index (χ1) is 9.76. The van der Waals surface area contributed by atoms with Crippen LogP contribution in [0.15, 0.2) is 30.3 Å². The molecule has 3 nitrogen and oxygen atoms in total. The van der Waals surface area contributed by atoms with Crippen molar-refractivity contribution in [2.75, 3.05) is 0 Å². The molecule has 1 aliphatic carbocycles. The van der Waals surface area contributed by atoms with Crippen molar-refractivity contribution < 1.29 is 4.79 Å². The summed E-state index contributed by atoms with van der Waals surface area (Å²) in [6.45, 7) is 1.12. The third-order valence-electron chi connectivity index (χ3n) is 3.67. The van der Waals surface area contributed by atoms with Crippen LogP contribution in [0.25, 0.3) is 0 Å². The zero-order chi connectivity index (χ0) is 13.9. The van der Waals surface area contributed by atoms with Crippen molar-refractivity contribution in [3.63, 3.8) is 0 Å². The minimum atomic E-state index is -0.0258. The molecule has 4 heteroatoms. The summed E-state index contributed by atoms with van der Waals surface area (Å²) in [5.41, 5.74) is 8.75. The average Bonchev–Trinajstić information content (AvgIpc) is 3.06. The second-order valence-corrected chi connectivity index (χ2v) is 6.32. The Morgan fingerprint density at radius 1 is 1.25 bits per heavy atom. The maximum atomic E-state index is 12.1. The lowest BCUT2D eigenvalue weighted by atomic mass is 10.1. The van der Waals surface area contributed by atoms with E-state index >= 15 is 0 Å². The van der Waals surface area contributed by atoms with E-state index in [0.29, 0.717) is 18.7 Å². The Hall–Kier alpha value is -1.65. The molecule has 2 aromatic rings. The number of fused-ring (bicyclic) bond motifs is 1. The molecule has 0 spiro atoms. The number of carbonyl (C=O) groups is 1. The zero-order valence-corrected chi connectivity index (χ0v) is 12.1. The molecule has 1 aromatic carbocycles. The summed E-state index contributed by atoms with van der Waals surface area (Å²) in [6.07, 6.45) is 3.68. The fraction of sp³-hybridized carbons (Fsp3) is 0.312. The molecule has 3 N–H and O–H groups in total. The highest BCUT2D eigenvalue weighted by molar-refractivity contribution is 7.12. The molecule has 0 saturated heterocycles. The molecule has 1 aromatic heterocycles. The van der Waals surface area contributed by atoms with Crippen molar-refractivity contribution in [1.29, 1.82) is 0 Å². The van der Waals surface area contributed by atoms with Gasteiger partial charge in [0, 0.05) is 21.9 Å². The van der Waals surface area contributed by atoms with E-state index in [1.807, 2.05) is 35.6 Å². The van der Waals surface area contributed by atoms with E-state index in [2.05, 4.69) is 11.4 Å². The van der Waals surface area contributed by atoms with Crippen LogP contribution in [0.1, 0.15) is 37.7 Å². The molecule has 0 radical (unpaired) electrons. The molecule has 1 aliphatic rings. The molecule has 0 aliphatic heterocycles. The maximum absolute atomic E-state index is 12.1. The van der Waals surface area contributed by atoms with Crippen LogP contribution in [0.3, 0.4) is 0 Å². The van der Waals surface area contributed by atoms with Gasteiger partial charge in [0.1, 0.15) is 0 Å². The molecule has 0 bridgehead atoms. The fourth-order valence-corrected chi connectivity index (χ4v) is 3.74. The van der Waals surface area contributed by atoms with Crippen molar-refractivity contribution in [3.05, 3.63) is 56.8 Å². The van der Waals surface area contributed by atoms with Crippen LogP contribution in [0, 0.1) is 0 Å². The van der Waals surface area contributed by atoms with Gasteiger partial charge in [0.2, 0.25) is 0 Å². The van der Waals surface area contributed by atoms with Gasteiger partial charge in [-0.05, 0) is 48.6 Å². The first-order valence-electron chi connectivity index (χ1n) is 6.94. The first kappa shape index (κ1) is 13.3. The summed E-state index contributed by atoms with van der Waals surface area (Å²) < 4.78 is 0. The number of hydrogen-bond acceptors (Lipinski definition) is 3. The second-order valence-electron chi connectivity index (χ2n) is 5.10. The molecule has 3 rings (SSSR count). The Morgan fingerprint density at radius 3 is 2.75 bits per heavy atom. The van der Waals surface area contributed by atoms with Crippen LogP contribution in [0.2, 0.25) is 0 Å². The van der Waals surface area contributed by atoms with Crippen LogP contribution in [0.5, 0.6) is 0 Å². The highest BCUT2D eigenvalue weighted by atomic mass is 32.1. The Labute approximate surface area is 122 Å². The summed E-state index contributed by atoms with van der Waals surface area (Å²) in [5.74, 6) is -0.0258. The molecular formula is C16H18N2OS. The predicted octanol–water partition coefficient (Wildman–Crippen LogP) is 2.63. The largest absolute Gasteiger partial charge is 0.347 e. The van der Waals surface area contributed by atoms with E-state index in [4.69, 9.17) is 5.73 Å². The zero-order valence-electron chi connectivity index (χ0n) is 11.3. The standard InChI is InChI=1S/C16H18N2OS/c17-9-11-4-6-12(7-5-11)16(19)18-10-14-8-13-2-1-3-15(13)20-14/h4-8H,1-3,9-10,17H2,(H,18,19). The van der Waals surface area contributed by atoms with Crippen molar-refractivity contribution in [2.24, 2.45) is 5.73 Å². The number of hydrogen-bond donors (Lipinski definition) is 2. The van der Waals surface area contributed by atoms with Crippen LogP contribution in [-0.4, -0.2) is 5.91 Å². The minimum Gasteiger partial charge on any atom is -0.347 e. The van der Waals surface area contributed by atoms with Gasteiger partial charge in [-0.15, -0.1) is 11.3 Å². The predicted molar refractivity (Wildman–Crippen MR) is 81.8 cm³/mol. The second kappa shape index (κ2) is 5.77. The highest BCUT2D eigenvalue weighted by Gasteiger charge is 2.15. The smallest absolute Gasteiger partial charge is 0.251 e. The summed E-state index contributed by atoms with van der Waals surface area (Å²) in [7, 11) is 0. The summed E-state index contributed by atoms with van der Waals surface area (Å²) in [5, 5.41) is 2.98. The molecule has 20 heavy (non-hydrogen) atoms. The molecular weight excluding hydrogens is 268 g/mol. The summed E-state index contributed by atoms with van der Waals surface area (Å²) in [6, 6.07) is 9.69. The van der Waals surface area contributed by atoms with Gasteiger partial charge < -0.3 is 11.1 Å². The van der Waals surface area contributed by atoms with E-state index in [1.54, 1.807) is 0 Å². The lowest BCUT2D eigenvalue weighted by molar-refractivity contribution is 0.0951. The molecule has 0 unspecified atom stereocenters. The number of nitrogens with two attached hydrogens (primary N) is 1. The molecule has 0 atom stereocenters. The van der Waals surface area contributed by atoms with Gasteiger partial charge in [-0.2, -0.15) is 0 Å². The number of carbonyl (C=O) groups excluding carboxylic acids is 1. The SMILES string of the molecule is NCc1ccc(C(=O)NCc2cc3c(s2)CCC3)cc1. The lowest BCUT2D eigenvalue weighted by Gasteiger charge is -2.04. The van der Waals surface area contributed by atoms with Crippen LogP contribution in [-0.2, 0) is 25.9 Å². The van der Waals surface area contributed by atoms with Gasteiger partial charge in [0.25, 0.3) is 5.91 Å². The van der Waals surface area contributed by atoms with E-state index in [9.17, 15) is 4.79 Å². The Morgan fingerprint density at radius 2 is 2.05 bits per heavy atom. The molecule has 1 amide bonds. The molecule has 104 valence electrons.